The molecule has 0 atom stereocenters. The second kappa shape index (κ2) is 8.20. The van der Waals surface area contributed by atoms with Crippen LogP contribution in [0.15, 0.2) is 18.2 Å². The molecule has 1 aromatic rings. The Balaban J connectivity index is 2.25. The van der Waals surface area contributed by atoms with Crippen LogP contribution in [-0.4, -0.2) is 39.9 Å². The molecule has 1 amide bonds. The van der Waals surface area contributed by atoms with Gasteiger partial charge in [0.1, 0.15) is 0 Å². The molecule has 0 bridgehead atoms. The summed E-state index contributed by atoms with van der Waals surface area (Å²) < 4.78 is 16.3. The molecule has 1 N–H and O–H groups in total. The molecular weight excluding hydrogens is 294 g/mol. The number of rotatable bonds is 7. The van der Waals surface area contributed by atoms with Crippen molar-refractivity contribution in [2.45, 2.75) is 38.0 Å². The Labute approximate surface area is 138 Å². The molecule has 1 fully saturated rings. The monoisotopic (exact) mass is 321 g/mol. The van der Waals surface area contributed by atoms with E-state index in [1.807, 2.05) is 19.1 Å². The number of carbonyl (C=O) groups is 1. The number of carbonyl (C=O) groups excluding carboxylic acids is 1. The molecule has 0 aromatic heterocycles. The number of hydrogen-bond acceptors (Lipinski definition) is 4. The average Bonchev–Trinajstić information content (AvgIpc) is 2.60. The van der Waals surface area contributed by atoms with Gasteiger partial charge in [0.2, 0.25) is 5.91 Å². The van der Waals surface area contributed by atoms with Crippen LogP contribution < -0.4 is 14.8 Å². The number of nitrogens with one attached hydrogen (secondary N) is 1. The Morgan fingerprint density at radius 3 is 2.52 bits per heavy atom. The summed E-state index contributed by atoms with van der Waals surface area (Å²) in [6.07, 6.45) is 3.20. The summed E-state index contributed by atoms with van der Waals surface area (Å²) in [5.41, 5.74) is 1.05. The van der Waals surface area contributed by atoms with Crippen LogP contribution in [-0.2, 0) is 14.9 Å². The van der Waals surface area contributed by atoms with Gasteiger partial charge in [-0.25, -0.2) is 0 Å². The van der Waals surface area contributed by atoms with Crippen LogP contribution in [0.5, 0.6) is 11.5 Å². The van der Waals surface area contributed by atoms with Crippen LogP contribution in [0.4, 0.5) is 0 Å². The van der Waals surface area contributed by atoms with E-state index in [4.69, 9.17) is 14.2 Å². The van der Waals surface area contributed by atoms with Crippen LogP contribution in [0.2, 0.25) is 0 Å². The molecular formula is C18H27NO4. The summed E-state index contributed by atoms with van der Waals surface area (Å²) in [6.45, 7) is 4.05. The van der Waals surface area contributed by atoms with Gasteiger partial charge in [-0.3, -0.25) is 4.79 Å². The third-order valence-corrected chi connectivity index (χ3v) is 4.55. The predicted molar refractivity (Wildman–Crippen MR) is 89.2 cm³/mol. The lowest BCUT2D eigenvalue weighted by Crippen LogP contribution is -2.44. The Morgan fingerprint density at radius 2 is 1.91 bits per heavy atom. The average molecular weight is 321 g/mol. The molecule has 1 aliphatic heterocycles. The van der Waals surface area contributed by atoms with Crippen LogP contribution in [0.1, 0.15) is 38.2 Å². The lowest BCUT2D eigenvalue weighted by molar-refractivity contribution is -0.121. The quantitative estimate of drug-likeness (QED) is 0.839. The fourth-order valence-electron chi connectivity index (χ4n) is 3.08. The third-order valence-electron chi connectivity index (χ3n) is 4.55. The summed E-state index contributed by atoms with van der Waals surface area (Å²) in [7, 11) is 3.27. The van der Waals surface area contributed by atoms with Gasteiger partial charge in [-0.2, -0.15) is 0 Å². The first-order chi connectivity index (χ1) is 11.1. The van der Waals surface area contributed by atoms with E-state index in [2.05, 4.69) is 11.4 Å². The Hall–Kier alpha value is -1.75. The van der Waals surface area contributed by atoms with Gasteiger partial charge in [-0.1, -0.05) is 13.0 Å². The van der Waals surface area contributed by atoms with Crippen molar-refractivity contribution < 1.29 is 19.0 Å². The van der Waals surface area contributed by atoms with Gasteiger partial charge in [-0.05, 0) is 37.0 Å². The van der Waals surface area contributed by atoms with Gasteiger partial charge in [0.25, 0.3) is 0 Å². The van der Waals surface area contributed by atoms with Crippen molar-refractivity contribution in [3.05, 3.63) is 23.8 Å². The highest BCUT2D eigenvalue weighted by Gasteiger charge is 2.35. The molecule has 0 saturated carbocycles. The summed E-state index contributed by atoms with van der Waals surface area (Å²) in [5.74, 6) is 1.54. The van der Waals surface area contributed by atoms with E-state index in [1.165, 1.54) is 0 Å². The highest BCUT2D eigenvalue weighted by molar-refractivity contribution is 5.75. The SMILES string of the molecule is CCCC(=O)NCC1(c2ccc(OC)c(OC)c2)CCOCC1. The molecule has 0 spiro atoms. The molecule has 5 heteroatoms. The van der Waals surface area contributed by atoms with Crippen LogP contribution in [0.3, 0.4) is 0 Å². The van der Waals surface area contributed by atoms with Gasteiger partial charge in [0.15, 0.2) is 11.5 Å². The van der Waals surface area contributed by atoms with E-state index >= 15 is 0 Å². The lowest BCUT2D eigenvalue weighted by atomic mass is 9.74. The molecule has 0 unspecified atom stereocenters. The van der Waals surface area contributed by atoms with Crippen molar-refractivity contribution in [3.8, 4) is 11.5 Å². The summed E-state index contributed by atoms with van der Waals surface area (Å²) in [5, 5.41) is 3.09. The van der Waals surface area contributed by atoms with Gasteiger partial charge in [-0.15, -0.1) is 0 Å². The number of hydrogen-bond donors (Lipinski definition) is 1. The largest absolute Gasteiger partial charge is 0.493 e. The topological polar surface area (TPSA) is 56.8 Å². The minimum atomic E-state index is -0.110. The molecule has 5 nitrogen and oxygen atoms in total. The number of methoxy groups -OCH3 is 2. The highest BCUT2D eigenvalue weighted by Crippen LogP contribution is 2.38. The van der Waals surface area contributed by atoms with Crippen molar-refractivity contribution in [3.63, 3.8) is 0 Å². The Kier molecular flexibility index (Phi) is 6.28. The maximum absolute atomic E-state index is 11.9. The number of benzene rings is 1. The highest BCUT2D eigenvalue weighted by atomic mass is 16.5. The first-order valence-corrected chi connectivity index (χ1v) is 8.22. The first kappa shape index (κ1) is 17.6. The fourth-order valence-corrected chi connectivity index (χ4v) is 3.08. The number of amides is 1. The maximum atomic E-state index is 11.9. The van der Waals surface area contributed by atoms with Crippen molar-refractivity contribution in [2.24, 2.45) is 0 Å². The van der Waals surface area contributed by atoms with Gasteiger partial charge >= 0.3 is 0 Å². The summed E-state index contributed by atoms with van der Waals surface area (Å²) >= 11 is 0. The molecule has 1 heterocycles. The molecule has 1 aliphatic rings. The molecule has 1 aromatic carbocycles. The second-order valence-corrected chi connectivity index (χ2v) is 5.99. The summed E-state index contributed by atoms with van der Waals surface area (Å²) in [4.78, 5) is 11.9. The lowest BCUT2D eigenvalue weighted by Gasteiger charge is -2.38. The molecule has 2 rings (SSSR count). The zero-order valence-corrected chi connectivity index (χ0v) is 14.3. The van der Waals surface area contributed by atoms with Gasteiger partial charge in [0, 0.05) is 31.6 Å². The fraction of sp³-hybridized carbons (Fsp3) is 0.611. The van der Waals surface area contributed by atoms with E-state index in [-0.39, 0.29) is 11.3 Å². The van der Waals surface area contributed by atoms with E-state index < -0.39 is 0 Å². The van der Waals surface area contributed by atoms with Crippen molar-refractivity contribution in [1.82, 2.24) is 5.32 Å². The van der Waals surface area contributed by atoms with Crippen LogP contribution in [0.25, 0.3) is 0 Å². The zero-order valence-electron chi connectivity index (χ0n) is 14.3. The van der Waals surface area contributed by atoms with E-state index in [0.717, 1.165) is 30.6 Å². The number of ether oxygens (including phenoxy) is 3. The zero-order chi connectivity index (χ0) is 16.7. The Morgan fingerprint density at radius 1 is 1.22 bits per heavy atom. The molecule has 128 valence electrons. The van der Waals surface area contributed by atoms with Gasteiger partial charge < -0.3 is 19.5 Å². The molecule has 0 radical (unpaired) electrons. The smallest absolute Gasteiger partial charge is 0.220 e. The molecule has 1 saturated heterocycles. The van der Waals surface area contributed by atoms with Crippen molar-refractivity contribution in [2.75, 3.05) is 34.0 Å². The van der Waals surface area contributed by atoms with Crippen LogP contribution >= 0.6 is 0 Å². The standard InChI is InChI=1S/C18H27NO4/c1-4-5-17(20)19-13-18(8-10-23-11-9-18)14-6-7-15(21-2)16(12-14)22-3/h6-7,12H,4-5,8-11,13H2,1-3H3,(H,19,20). The molecule has 23 heavy (non-hydrogen) atoms. The first-order valence-electron chi connectivity index (χ1n) is 8.22. The van der Waals surface area contributed by atoms with E-state index in [9.17, 15) is 4.79 Å². The Bertz CT molecular complexity index is 524. The van der Waals surface area contributed by atoms with Crippen molar-refractivity contribution in [1.29, 1.82) is 0 Å². The maximum Gasteiger partial charge on any atom is 0.220 e. The minimum absolute atomic E-state index is 0.110. The van der Waals surface area contributed by atoms with E-state index in [1.54, 1.807) is 14.2 Å². The predicted octanol–water partition coefficient (Wildman–Crippen LogP) is 2.67. The van der Waals surface area contributed by atoms with Crippen LogP contribution in [0, 0.1) is 0 Å². The summed E-state index contributed by atoms with van der Waals surface area (Å²) in [6, 6.07) is 6.02. The third kappa shape index (κ3) is 4.16. The minimum Gasteiger partial charge on any atom is -0.493 e. The van der Waals surface area contributed by atoms with Crippen molar-refractivity contribution >= 4 is 5.91 Å². The van der Waals surface area contributed by atoms with E-state index in [0.29, 0.717) is 31.9 Å². The van der Waals surface area contributed by atoms with Gasteiger partial charge in [0.05, 0.1) is 14.2 Å². The second-order valence-electron chi connectivity index (χ2n) is 5.99. The normalized spacial score (nSPS) is 16.7. The molecule has 0 aliphatic carbocycles.